The molecule has 0 spiro atoms. The Balaban J connectivity index is 1.91. The summed E-state index contributed by atoms with van der Waals surface area (Å²) < 4.78 is 41.9. The van der Waals surface area contributed by atoms with Crippen LogP contribution in [0.4, 0.5) is 4.39 Å². The van der Waals surface area contributed by atoms with Gasteiger partial charge in [-0.05, 0) is 79.2 Å². The fourth-order valence-corrected chi connectivity index (χ4v) is 5.01. The van der Waals surface area contributed by atoms with E-state index < -0.39 is 20.6 Å². The molecule has 8 heteroatoms. The largest absolute Gasteiger partial charge is 0.313 e. The molecule has 2 aromatic heterocycles. The molecule has 2 aromatic carbocycles. The van der Waals surface area contributed by atoms with E-state index in [2.05, 4.69) is 15.9 Å². The fourth-order valence-electron chi connectivity index (χ4n) is 3.60. The molecule has 0 saturated heterocycles. The molecule has 2 heterocycles. The highest BCUT2D eigenvalue weighted by atomic mass is 79.9. The summed E-state index contributed by atoms with van der Waals surface area (Å²) in [5.74, 6) is -0.800. The van der Waals surface area contributed by atoms with Crippen molar-refractivity contribution in [1.82, 2.24) is 4.40 Å². The summed E-state index contributed by atoms with van der Waals surface area (Å²) in [5.41, 5.74) is 2.12. The molecule has 4 aromatic rings. The Hall–Kier alpha value is -3.54. The predicted octanol–water partition coefficient (Wildman–Crippen LogP) is 5.72. The van der Waals surface area contributed by atoms with Gasteiger partial charge in [0, 0.05) is 21.8 Å². The smallest absolute Gasteiger partial charge is 0.216 e. The maximum atomic E-state index is 13.3. The quantitative estimate of drug-likeness (QED) is 0.248. The van der Waals surface area contributed by atoms with Crippen LogP contribution in [0.5, 0.6) is 0 Å². The van der Waals surface area contributed by atoms with Crippen molar-refractivity contribution in [2.45, 2.75) is 11.8 Å². The Morgan fingerprint density at radius 3 is 2.36 bits per heavy atom. The topological polar surface area (TPSA) is 79.4 Å². The summed E-state index contributed by atoms with van der Waals surface area (Å²) in [6, 6.07) is 18.2. The highest BCUT2D eigenvalue weighted by Crippen LogP contribution is 2.30. The summed E-state index contributed by atoms with van der Waals surface area (Å²) in [7, 11) is -4.08. The number of carbonyl (C=O) groups is 1. The number of hydrogen-bond acceptors (Lipinski definition) is 4. The third-order valence-electron chi connectivity index (χ3n) is 5.26. The molecule has 33 heavy (non-hydrogen) atoms. The van der Waals surface area contributed by atoms with Crippen LogP contribution in [0.2, 0.25) is 0 Å². The second-order valence-electron chi connectivity index (χ2n) is 7.26. The number of aromatic nitrogens is 1. The van der Waals surface area contributed by atoms with Crippen LogP contribution >= 0.6 is 15.9 Å². The van der Waals surface area contributed by atoms with E-state index in [1.54, 1.807) is 53.9 Å². The lowest BCUT2D eigenvalue weighted by Crippen LogP contribution is -2.07. The van der Waals surface area contributed by atoms with E-state index in [1.807, 2.05) is 0 Å². The molecular weight excluding hydrogens is 507 g/mol. The zero-order chi connectivity index (χ0) is 23.8. The molecule has 0 aliphatic carbocycles. The number of ketones is 1. The van der Waals surface area contributed by atoms with Gasteiger partial charge >= 0.3 is 0 Å². The molecule has 5 nitrogen and oxygen atoms in total. The summed E-state index contributed by atoms with van der Waals surface area (Å²) in [4.78, 5) is 12.8. The van der Waals surface area contributed by atoms with Gasteiger partial charge in [-0.2, -0.15) is 5.26 Å². The molecule has 0 fully saturated rings. The number of allylic oxidation sites excluding steroid dienone is 1. The Morgan fingerprint density at radius 1 is 1.06 bits per heavy atom. The molecular formula is C25H16BrFN2O3S. The SMILES string of the molecule is Cc1c(/C=C(\C#N)S(=O)(=O)c2ccc(Br)cc2)c2ccccn2c1C(=O)c1ccc(F)cc1. The summed E-state index contributed by atoms with van der Waals surface area (Å²) in [6.07, 6.45) is 2.98. The van der Waals surface area contributed by atoms with Gasteiger partial charge in [-0.15, -0.1) is 0 Å². The molecule has 0 aliphatic heterocycles. The number of sulfone groups is 1. The number of nitrogens with zero attached hydrogens (tertiary/aromatic N) is 2. The number of halogens is 2. The molecule has 0 radical (unpaired) electrons. The third-order valence-corrected chi connectivity index (χ3v) is 7.47. The van der Waals surface area contributed by atoms with E-state index in [0.717, 1.165) is 0 Å². The van der Waals surface area contributed by atoms with Crippen molar-refractivity contribution in [3.63, 3.8) is 0 Å². The van der Waals surface area contributed by atoms with Crippen molar-refractivity contribution in [2.75, 3.05) is 0 Å². The number of pyridine rings is 1. The number of fused-ring (bicyclic) bond motifs is 1. The van der Waals surface area contributed by atoms with E-state index in [0.29, 0.717) is 32.4 Å². The van der Waals surface area contributed by atoms with E-state index in [9.17, 15) is 22.9 Å². The first-order valence-electron chi connectivity index (χ1n) is 9.76. The standard InChI is InChI=1S/C25H16BrFN2O3S/c1-16-22(14-21(15-28)33(31,32)20-11-7-18(26)8-12-20)23-4-2-3-13-29(23)24(16)25(30)17-5-9-19(27)10-6-17/h2-14H,1H3/b21-14+. The average molecular weight is 523 g/mol. The molecule has 0 saturated carbocycles. The highest BCUT2D eigenvalue weighted by Gasteiger charge is 2.25. The van der Waals surface area contributed by atoms with Gasteiger partial charge in [0.15, 0.2) is 0 Å². The zero-order valence-electron chi connectivity index (χ0n) is 17.3. The van der Waals surface area contributed by atoms with Crippen LogP contribution in [-0.2, 0) is 9.84 Å². The summed E-state index contributed by atoms with van der Waals surface area (Å²) >= 11 is 3.27. The van der Waals surface area contributed by atoms with Crippen LogP contribution in [0.25, 0.3) is 11.6 Å². The number of nitriles is 1. The lowest BCUT2D eigenvalue weighted by molar-refractivity contribution is 0.103. The lowest BCUT2D eigenvalue weighted by Gasteiger charge is -2.04. The van der Waals surface area contributed by atoms with E-state index in [-0.39, 0.29) is 10.7 Å². The fraction of sp³-hybridized carbons (Fsp3) is 0.0400. The maximum Gasteiger partial charge on any atom is 0.216 e. The molecule has 0 bridgehead atoms. The van der Waals surface area contributed by atoms with Crippen molar-refractivity contribution in [3.8, 4) is 6.07 Å². The molecule has 0 atom stereocenters. The second-order valence-corrected chi connectivity index (χ2v) is 10.1. The number of benzene rings is 2. The Morgan fingerprint density at radius 2 is 1.73 bits per heavy atom. The number of rotatable bonds is 5. The number of hydrogen-bond donors (Lipinski definition) is 0. The van der Waals surface area contributed by atoms with E-state index in [4.69, 9.17) is 0 Å². The minimum atomic E-state index is -4.08. The van der Waals surface area contributed by atoms with Gasteiger partial charge in [0.1, 0.15) is 16.8 Å². The molecule has 0 unspecified atom stereocenters. The van der Waals surface area contributed by atoms with Crippen molar-refractivity contribution in [2.24, 2.45) is 0 Å². The third kappa shape index (κ3) is 4.13. The van der Waals surface area contributed by atoms with Crippen molar-refractivity contribution in [3.05, 3.63) is 111 Å². The first-order valence-corrected chi connectivity index (χ1v) is 12.0. The van der Waals surface area contributed by atoms with Crippen LogP contribution in [0, 0.1) is 24.1 Å². The van der Waals surface area contributed by atoms with E-state index >= 15 is 0 Å². The molecule has 4 rings (SSSR count). The normalized spacial score (nSPS) is 12.0. The Labute approximate surface area is 198 Å². The van der Waals surface area contributed by atoms with Crippen LogP contribution < -0.4 is 0 Å². The van der Waals surface area contributed by atoms with Crippen LogP contribution in [-0.4, -0.2) is 18.6 Å². The van der Waals surface area contributed by atoms with Crippen LogP contribution in [0.3, 0.4) is 0 Å². The first kappa shape index (κ1) is 22.6. The molecule has 164 valence electrons. The maximum absolute atomic E-state index is 13.3. The van der Waals surface area contributed by atoms with Gasteiger partial charge in [-0.3, -0.25) is 4.79 Å². The summed E-state index contributed by atoms with van der Waals surface area (Å²) in [6.45, 7) is 1.69. The summed E-state index contributed by atoms with van der Waals surface area (Å²) in [5, 5.41) is 9.71. The van der Waals surface area contributed by atoms with Crippen LogP contribution in [0.1, 0.15) is 27.2 Å². The Bertz CT molecular complexity index is 1560. The van der Waals surface area contributed by atoms with Gasteiger partial charge < -0.3 is 4.40 Å². The first-order chi connectivity index (χ1) is 15.7. The predicted molar refractivity (Wildman–Crippen MR) is 127 cm³/mol. The van der Waals surface area contributed by atoms with Gasteiger partial charge in [0.2, 0.25) is 15.6 Å². The van der Waals surface area contributed by atoms with Gasteiger partial charge in [-0.25, -0.2) is 12.8 Å². The zero-order valence-corrected chi connectivity index (χ0v) is 19.7. The van der Waals surface area contributed by atoms with Crippen molar-refractivity contribution >= 4 is 43.1 Å². The molecule has 0 N–H and O–H groups in total. The van der Waals surface area contributed by atoms with Gasteiger partial charge in [-0.1, -0.05) is 22.0 Å². The van der Waals surface area contributed by atoms with Crippen molar-refractivity contribution < 1.29 is 17.6 Å². The second kappa shape index (κ2) is 8.77. The lowest BCUT2D eigenvalue weighted by atomic mass is 10.0. The average Bonchev–Trinajstić information content (AvgIpc) is 3.08. The van der Waals surface area contributed by atoms with Gasteiger partial charge in [0.05, 0.1) is 16.1 Å². The van der Waals surface area contributed by atoms with Gasteiger partial charge in [0.25, 0.3) is 0 Å². The molecule has 0 amide bonds. The molecule has 0 aliphatic rings. The Kier molecular flexibility index (Phi) is 6.02. The minimum absolute atomic E-state index is 0.0118. The van der Waals surface area contributed by atoms with Crippen molar-refractivity contribution in [1.29, 1.82) is 5.26 Å². The minimum Gasteiger partial charge on any atom is -0.313 e. The highest BCUT2D eigenvalue weighted by molar-refractivity contribution is 9.10. The monoisotopic (exact) mass is 522 g/mol. The van der Waals surface area contributed by atoms with E-state index in [1.165, 1.54) is 42.5 Å². The van der Waals surface area contributed by atoms with Crippen LogP contribution in [0.15, 0.2) is 87.2 Å². The number of carbonyl (C=O) groups excluding carboxylic acids is 1.